The van der Waals surface area contributed by atoms with Gasteiger partial charge in [0.25, 0.3) is 0 Å². The van der Waals surface area contributed by atoms with Crippen LogP contribution in [0.1, 0.15) is 71.3 Å². The second-order valence-electron chi connectivity index (χ2n) is 8.52. The average Bonchev–Trinajstić information content (AvgIpc) is 2.81. The molecule has 39 heavy (non-hydrogen) atoms. The van der Waals surface area contributed by atoms with Crippen LogP contribution < -0.4 is 0 Å². The van der Waals surface area contributed by atoms with Crippen LogP contribution in [0.25, 0.3) is 0 Å². The maximum atomic E-state index is 13.4. The van der Waals surface area contributed by atoms with Crippen LogP contribution in [0.4, 0.5) is 52.7 Å². The molecular formula is C26H22F12O. The fourth-order valence-electron chi connectivity index (χ4n) is 3.69. The molecule has 0 fully saturated rings. The van der Waals surface area contributed by atoms with Crippen LogP contribution >= 0.6 is 0 Å². The predicted octanol–water partition coefficient (Wildman–Crippen LogP) is 10.5. The molecule has 1 nitrogen and oxygen atoms in total. The molecule has 0 saturated heterocycles. The first-order valence-corrected chi connectivity index (χ1v) is 11.2. The molecule has 2 aromatic carbocycles. The van der Waals surface area contributed by atoms with Gasteiger partial charge >= 0.3 is 24.7 Å². The summed E-state index contributed by atoms with van der Waals surface area (Å²) in [6.45, 7) is 6.85. The van der Waals surface area contributed by atoms with Crippen molar-refractivity contribution in [2.24, 2.45) is 0 Å². The molecule has 0 aliphatic carbocycles. The Bertz CT molecular complexity index is 986. The molecule has 0 heterocycles. The lowest BCUT2D eigenvalue weighted by Gasteiger charge is -2.28. The van der Waals surface area contributed by atoms with E-state index in [-0.39, 0.29) is 37.8 Å². The molecule has 2 rings (SSSR count). The number of benzene rings is 2. The highest BCUT2D eigenvalue weighted by Crippen LogP contribution is 2.43. The zero-order valence-electron chi connectivity index (χ0n) is 20.0. The minimum Gasteiger partial charge on any atom is -0.366 e. The molecule has 0 bridgehead atoms. The van der Waals surface area contributed by atoms with Gasteiger partial charge < -0.3 is 4.74 Å². The SMILES string of the molecule is C=CCC[C@@H](O[C@H](CCC=C)c1cc(C(F)(F)F)cc(C(F)(F)F)c1)c1cc(C(F)(F)F)cc(C(F)(F)F)c1. The summed E-state index contributed by atoms with van der Waals surface area (Å²) in [5.41, 5.74) is -7.82. The molecule has 2 atom stereocenters. The van der Waals surface area contributed by atoms with Crippen LogP contribution in [0.2, 0.25) is 0 Å². The van der Waals surface area contributed by atoms with Crippen molar-refractivity contribution in [2.75, 3.05) is 0 Å². The minimum atomic E-state index is -5.19. The third-order valence-electron chi connectivity index (χ3n) is 5.56. The monoisotopic (exact) mass is 578 g/mol. The maximum Gasteiger partial charge on any atom is 0.416 e. The van der Waals surface area contributed by atoms with Gasteiger partial charge in [-0.15, -0.1) is 13.2 Å². The van der Waals surface area contributed by atoms with Crippen LogP contribution in [0, 0.1) is 0 Å². The Morgan fingerprint density at radius 1 is 0.513 bits per heavy atom. The smallest absolute Gasteiger partial charge is 0.366 e. The van der Waals surface area contributed by atoms with Crippen molar-refractivity contribution in [2.45, 2.75) is 62.6 Å². The molecule has 0 spiro atoms. The molecule has 0 N–H and O–H groups in total. The van der Waals surface area contributed by atoms with Crippen LogP contribution in [-0.4, -0.2) is 0 Å². The van der Waals surface area contributed by atoms with E-state index in [2.05, 4.69) is 13.2 Å². The summed E-state index contributed by atoms with van der Waals surface area (Å²) in [7, 11) is 0. The second-order valence-corrected chi connectivity index (χ2v) is 8.52. The first-order chi connectivity index (χ1) is 17.8. The number of ether oxygens (including phenoxy) is 1. The molecule has 216 valence electrons. The zero-order valence-corrected chi connectivity index (χ0v) is 20.0. The first-order valence-electron chi connectivity index (χ1n) is 11.2. The van der Waals surface area contributed by atoms with Gasteiger partial charge in [0.2, 0.25) is 0 Å². The zero-order chi connectivity index (χ0) is 29.8. The van der Waals surface area contributed by atoms with Gasteiger partial charge in [0, 0.05) is 0 Å². The van der Waals surface area contributed by atoms with Gasteiger partial charge in [-0.25, -0.2) is 0 Å². The van der Waals surface area contributed by atoms with Crippen LogP contribution in [0.5, 0.6) is 0 Å². The molecule has 0 saturated carbocycles. The number of allylic oxidation sites excluding steroid dienone is 2. The largest absolute Gasteiger partial charge is 0.416 e. The molecule has 0 radical (unpaired) electrons. The fourth-order valence-corrected chi connectivity index (χ4v) is 3.69. The summed E-state index contributed by atoms with van der Waals surface area (Å²) in [5, 5.41) is 0. The fraction of sp³-hybridized carbons (Fsp3) is 0.385. The van der Waals surface area contributed by atoms with Gasteiger partial charge in [0.15, 0.2) is 0 Å². The van der Waals surface area contributed by atoms with Gasteiger partial charge in [-0.3, -0.25) is 0 Å². The van der Waals surface area contributed by atoms with E-state index in [1.807, 2.05) is 0 Å². The number of alkyl halides is 12. The number of hydrogen-bond donors (Lipinski definition) is 0. The van der Waals surface area contributed by atoms with Crippen molar-refractivity contribution in [1.29, 1.82) is 0 Å². The van der Waals surface area contributed by atoms with E-state index in [0.717, 1.165) is 0 Å². The number of rotatable bonds is 10. The Kier molecular flexibility index (Phi) is 9.97. The van der Waals surface area contributed by atoms with E-state index in [4.69, 9.17) is 4.74 Å². The Labute approximate surface area is 215 Å². The van der Waals surface area contributed by atoms with Crippen molar-refractivity contribution < 1.29 is 57.4 Å². The standard InChI is InChI=1S/C26H22F12O/c1-3-5-7-21(15-9-17(23(27,28)29)13-18(10-15)24(30,31)32)39-22(8-6-4-2)16-11-19(25(33,34)35)14-20(12-16)26(36,37)38/h3-4,9-14,21-22H,1-2,5-8H2/t21-,22-/m1/s1. The molecule has 0 unspecified atom stereocenters. The summed E-state index contributed by atoms with van der Waals surface area (Å²) in [6.07, 6.45) is -21.9. The van der Waals surface area contributed by atoms with Gasteiger partial charge in [-0.05, 0) is 73.2 Å². The lowest BCUT2D eigenvalue weighted by atomic mass is 9.96. The second kappa shape index (κ2) is 12.1. The number of hydrogen-bond acceptors (Lipinski definition) is 1. The third-order valence-corrected chi connectivity index (χ3v) is 5.56. The van der Waals surface area contributed by atoms with Gasteiger partial charge in [-0.2, -0.15) is 52.7 Å². The molecule has 0 aromatic heterocycles. The van der Waals surface area contributed by atoms with Gasteiger partial charge in [0.1, 0.15) is 0 Å². The summed E-state index contributed by atoms with van der Waals surface area (Å²) in [6, 6.07) is 1.40. The van der Waals surface area contributed by atoms with Gasteiger partial charge in [0.05, 0.1) is 34.5 Å². The van der Waals surface area contributed by atoms with E-state index in [1.165, 1.54) is 12.2 Å². The first kappa shape index (κ1) is 32.3. The van der Waals surface area contributed by atoms with Crippen molar-refractivity contribution in [3.8, 4) is 0 Å². The van der Waals surface area contributed by atoms with E-state index in [9.17, 15) is 52.7 Å². The molecular weight excluding hydrogens is 556 g/mol. The van der Waals surface area contributed by atoms with Crippen LogP contribution in [0.15, 0.2) is 61.7 Å². The Morgan fingerprint density at radius 2 is 0.769 bits per heavy atom. The topological polar surface area (TPSA) is 9.23 Å². The summed E-state index contributed by atoms with van der Waals surface area (Å²) in [4.78, 5) is 0. The highest BCUT2D eigenvalue weighted by molar-refractivity contribution is 5.37. The summed E-state index contributed by atoms with van der Waals surface area (Å²) >= 11 is 0. The lowest BCUT2D eigenvalue weighted by Crippen LogP contribution is -2.17. The number of halogens is 12. The summed E-state index contributed by atoms with van der Waals surface area (Å²) in [5.74, 6) is 0. The minimum absolute atomic E-state index is 0.00711. The van der Waals surface area contributed by atoms with Crippen molar-refractivity contribution in [3.63, 3.8) is 0 Å². The predicted molar refractivity (Wildman–Crippen MR) is 118 cm³/mol. The molecule has 13 heteroatoms. The molecule has 0 aliphatic rings. The normalized spacial score (nSPS) is 14.7. The molecule has 0 aliphatic heterocycles. The molecule has 2 aromatic rings. The maximum absolute atomic E-state index is 13.4. The lowest BCUT2D eigenvalue weighted by molar-refractivity contribution is -0.144. The van der Waals surface area contributed by atoms with Crippen molar-refractivity contribution >= 4 is 0 Å². The Hall–Kier alpha value is -2.96. The Morgan fingerprint density at radius 3 is 0.974 bits per heavy atom. The van der Waals surface area contributed by atoms with E-state index < -0.39 is 70.3 Å². The van der Waals surface area contributed by atoms with Crippen LogP contribution in [0.3, 0.4) is 0 Å². The van der Waals surface area contributed by atoms with Crippen LogP contribution in [-0.2, 0) is 29.4 Å². The van der Waals surface area contributed by atoms with Crippen molar-refractivity contribution in [1.82, 2.24) is 0 Å². The van der Waals surface area contributed by atoms with Crippen molar-refractivity contribution in [3.05, 3.63) is 95.1 Å². The summed E-state index contributed by atoms with van der Waals surface area (Å²) < 4.78 is 167. The highest BCUT2D eigenvalue weighted by atomic mass is 19.4. The van der Waals surface area contributed by atoms with E-state index in [1.54, 1.807) is 0 Å². The molecule has 0 amide bonds. The quantitative estimate of drug-likeness (QED) is 0.201. The third kappa shape index (κ3) is 9.04. The average molecular weight is 578 g/mol. The van der Waals surface area contributed by atoms with Gasteiger partial charge in [-0.1, -0.05) is 12.2 Å². The Balaban J connectivity index is 2.71. The van der Waals surface area contributed by atoms with E-state index >= 15 is 0 Å². The highest BCUT2D eigenvalue weighted by Gasteiger charge is 2.39. The van der Waals surface area contributed by atoms with E-state index in [0.29, 0.717) is 24.3 Å².